The average molecular weight is 336 g/mol. The van der Waals surface area contributed by atoms with Crippen LogP contribution in [0.4, 0.5) is 11.6 Å². The maximum atomic E-state index is 6.24. The van der Waals surface area contributed by atoms with Crippen molar-refractivity contribution in [2.24, 2.45) is 5.92 Å². The summed E-state index contributed by atoms with van der Waals surface area (Å²) < 4.78 is 0. The Bertz CT molecular complexity index is 736. The lowest BCUT2D eigenvalue weighted by molar-refractivity contribution is 0.362. The molecule has 2 aliphatic heterocycles. The lowest BCUT2D eigenvalue weighted by Gasteiger charge is -2.44. The van der Waals surface area contributed by atoms with Crippen LogP contribution < -0.4 is 16.0 Å². The molecular weight excluding hydrogens is 321 g/mol. The minimum atomic E-state index is 0.371. The van der Waals surface area contributed by atoms with Gasteiger partial charge in [0.15, 0.2) is 5.82 Å². The number of nitrogens with zero attached hydrogens (tertiary/aromatic N) is 3. The molecule has 1 aromatic heterocycles. The van der Waals surface area contributed by atoms with Crippen LogP contribution in [0.3, 0.4) is 0 Å². The topological polar surface area (TPSA) is 67.1 Å². The summed E-state index contributed by atoms with van der Waals surface area (Å²) >= 11 is 12.3. The van der Waals surface area contributed by atoms with Gasteiger partial charge in [0.1, 0.15) is 11.5 Å². The van der Waals surface area contributed by atoms with Gasteiger partial charge >= 0.3 is 0 Å². The molecule has 2 atom stereocenters. The van der Waals surface area contributed by atoms with Gasteiger partial charge in [-0.25, -0.2) is 9.97 Å². The van der Waals surface area contributed by atoms with Crippen LogP contribution in [0.5, 0.6) is 0 Å². The first kappa shape index (κ1) is 14.1. The molecule has 2 saturated heterocycles. The van der Waals surface area contributed by atoms with Gasteiger partial charge in [-0.2, -0.15) is 0 Å². The fourth-order valence-electron chi connectivity index (χ4n) is 3.21. The number of fused-ring (bicyclic) bond motifs is 1. The molecule has 0 radical (unpaired) electrons. The second-order valence-electron chi connectivity index (χ2n) is 5.70. The number of anilines is 2. The van der Waals surface area contributed by atoms with Crippen molar-refractivity contribution in [3.8, 4) is 11.3 Å². The van der Waals surface area contributed by atoms with Gasteiger partial charge in [-0.1, -0.05) is 35.3 Å². The molecule has 22 heavy (non-hydrogen) atoms. The van der Waals surface area contributed by atoms with Crippen LogP contribution in [-0.2, 0) is 0 Å². The maximum absolute atomic E-state index is 6.24. The van der Waals surface area contributed by atoms with Crippen molar-refractivity contribution in [2.75, 3.05) is 30.3 Å². The SMILES string of the molecule is Nc1nc(N2C[C@@H]3CNC[C@@H]32)cnc1-c1cccc(Cl)c1Cl. The first-order valence-corrected chi connectivity index (χ1v) is 7.95. The van der Waals surface area contributed by atoms with E-state index in [1.54, 1.807) is 12.3 Å². The van der Waals surface area contributed by atoms with Gasteiger partial charge in [-0.3, -0.25) is 0 Å². The number of benzene rings is 1. The molecule has 114 valence electrons. The summed E-state index contributed by atoms with van der Waals surface area (Å²) in [5.41, 5.74) is 7.38. The number of hydrogen-bond donors (Lipinski definition) is 2. The number of rotatable bonds is 2. The molecule has 4 rings (SSSR count). The molecular formula is C15H15Cl2N5. The lowest BCUT2D eigenvalue weighted by atomic mass is 9.92. The molecule has 0 spiro atoms. The Morgan fingerprint density at radius 3 is 2.91 bits per heavy atom. The minimum Gasteiger partial charge on any atom is -0.382 e. The molecule has 0 unspecified atom stereocenters. The van der Waals surface area contributed by atoms with Crippen LogP contribution in [0.25, 0.3) is 11.3 Å². The lowest BCUT2D eigenvalue weighted by Crippen LogP contribution is -2.56. The van der Waals surface area contributed by atoms with Crippen LogP contribution in [0.2, 0.25) is 10.0 Å². The van der Waals surface area contributed by atoms with Crippen LogP contribution in [-0.4, -0.2) is 35.6 Å². The van der Waals surface area contributed by atoms with Crippen LogP contribution in [0, 0.1) is 5.92 Å². The second kappa shape index (κ2) is 5.26. The summed E-state index contributed by atoms with van der Waals surface area (Å²) in [6, 6.07) is 5.91. The Balaban J connectivity index is 1.67. The third-order valence-electron chi connectivity index (χ3n) is 4.42. The zero-order valence-electron chi connectivity index (χ0n) is 11.8. The average Bonchev–Trinajstić information content (AvgIpc) is 2.84. The van der Waals surface area contributed by atoms with Crippen molar-refractivity contribution >= 4 is 34.8 Å². The summed E-state index contributed by atoms with van der Waals surface area (Å²) in [7, 11) is 0. The summed E-state index contributed by atoms with van der Waals surface area (Å²) in [5.74, 6) is 1.91. The Morgan fingerprint density at radius 2 is 2.14 bits per heavy atom. The molecule has 0 saturated carbocycles. The van der Waals surface area contributed by atoms with Crippen LogP contribution >= 0.6 is 23.2 Å². The fraction of sp³-hybridized carbons (Fsp3) is 0.333. The summed E-state index contributed by atoms with van der Waals surface area (Å²) in [6.45, 7) is 3.08. The quantitative estimate of drug-likeness (QED) is 0.882. The van der Waals surface area contributed by atoms with Gasteiger partial charge in [0.05, 0.1) is 16.2 Å². The molecule has 3 N–H and O–H groups in total. The number of aromatic nitrogens is 2. The van der Waals surface area contributed by atoms with Crippen molar-refractivity contribution in [3.05, 3.63) is 34.4 Å². The van der Waals surface area contributed by atoms with E-state index in [1.165, 1.54) is 0 Å². The van der Waals surface area contributed by atoms with E-state index in [0.717, 1.165) is 25.5 Å². The third-order valence-corrected chi connectivity index (χ3v) is 5.24. The van der Waals surface area contributed by atoms with Crippen molar-refractivity contribution in [1.82, 2.24) is 15.3 Å². The predicted octanol–water partition coefficient (Wildman–Crippen LogP) is 2.44. The largest absolute Gasteiger partial charge is 0.382 e. The predicted molar refractivity (Wildman–Crippen MR) is 89.4 cm³/mol. The molecule has 5 nitrogen and oxygen atoms in total. The normalized spacial score (nSPS) is 23.3. The molecule has 2 fully saturated rings. The van der Waals surface area contributed by atoms with Gasteiger partial charge in [0.25, 0.3) is 0 Å². The summed E-state index contributed by atoms with van der Waals surface area (Å²) in [5, 5.41) is 4.32. The highest BCUT2D eigenvalue weighted by molar-refractivity contribution is 6.43. The van der Waals surface area contributed by atoms with Crippen molar-refractivity contribution in [2.45, 2.75) is 6.04 Å². The number of halogens is 2. The van der Waals surface area contributed by atoms with E-state index in [4.69, 9.17) is 28.9 Å². The summed E-state index contributed by atoms with van der Waals surface area (Å²) in [6.07, 6.45) is 1.76. The van der Waals surface area contributed by atoms with E-state index >= 15 is 0 Å². The van der Waals surface area contributed by atoms with Gasteiger partial charge in [-0.15, -0.1) is 0 Å². The smallest absolute Gasteiger partial charge is 0.152 e. The van der Waals surface area contributed by atoms with Gasteiger partial charge in [0.2, 0.25) is 0 Å². The van der Waals surface area contributed by atoms with E-state index in [-0.39, 0.29) is 0 Å². The number of nitrogens with two attached hydrogens (primary N) is 1. The highest BCUT2D eigenvalue weighted by Crippen LogP contribution is 2.37. The monoisotopic (exact) mass is 335 g/mol. The fourth-order valence-corrected chi connectivity index (χ4v) is 3.60. The van der Waals surface area contributed by atoms with Crippen molar-refractivity contribution in [3.63, 3.8) is 0 Å². The first-order chi connectivity index (χ1) is 10.6. The van der Waals surface area contributed by atoms with E-state index < -0.39 is 0 Å². The Labute approximate surface area is 138 Å². The first-order valence-electron chi connectivity index (χ1n) is 7.19. The van der Waals surface area contributed by atoms with Crippen molar-refractivity contribution < 1.29 is 0 Å². The molecule has 0 aliphatic carbocycles. The zero-order valence-corrected chi connectivity index (χ0v) is 13.3. The highest BCUT2D eigenvalue weighted by Gasteiger charge is 2.42. The number of nitrogens with one attached hydrogen (secondary N) is 1. The summed E-state index contributed by atoms with van der Waals surface area (Å²) in [4.78, 5) is 11.2. The molecule has 2 aliphatic rings. The molecule has 0 bridgehead atoms. The molecule has 0 amide bonds. The van der Waals surface area contributed by atoms with E-state index in [2.05, 4.69) is 20.2 Å². The maximum Gasteiger partial charge on any atom is 0.152 e. The van der Waals surface area contributed by atoms with Gasteiger partial charge in [-0.05, 0) is 6.07 Å². The second-order valence-corrected chi connectivity index (χ2v) is 6.49. The zero-order chi connectivity index (χ0) is 15.3. The molecule has 2 aromatic rings. The Morgan fingerprint density at radius 1 is 1.27 bits per heavy atom. The number of nitrogen functional groups attached to an aromatic ring is 1. The van der Waals surface area contributed by atoms with Gasteiger partial charge < -0.3 is 16.0 Å². The third kappa shape index (κ3) is 2.12. The van der Waals surface area contributed by atoms with Gasteiger partial charge in [0, 0.05) is 37.2 Å². The van der Waals surface area contributed by atoms with E-state index in [0.29, 0.717) is 39.1 Å². The Hall–Kier alpha value is -1.56. The van der Waals surface area contributed by atoms with Crippen LogP contribution in [0.15, 0.2) is 24.4 Å². The van der Waals surface area contributed by atoms with Crippen molar-refractivity contribution in [1.29, 1.82) is 0 Å². The highest BCUT2D eigenvalue weighted by atomic mass is 35.5. The van der Waals surface area contributed by atoms with E-state index in [1.807, 2.05) is 12.1 Å². The van der Waals surface area contributed by atoms with E-state index in [9.17, 15) is 0 Å². The van der Waals surface area contributed by atoms with Crippen LogP contribution in [0.1, 0.15) is 0 Å². The molecule has 3 heterocycles. The number of hydrogen-bond acceptors (Lipinski definition) is 5. The standard InChI is InChI=1S/C15H15Cl2N5/c16-10-3-1-2-9(13(10)17)14-15(18)21-12(6-20-14)22-7-8-4-19-5-11(8)22/h1-3,6,8,11,19H,4-5,7H2,(H2,18,21)/t8-,11-/m0/s1. The molecule has 1 aromatic carbocycles. The minimum absolute atomic E-state index is 0.371. The molecule has 7 heteroatoms. The Kier molecular flexibility index (Phi) is 3.36.